The smallest absolute Gasteiger partial charge is 0.173 e. The Hall–Kier alpha value is -1.70. The zero-order valence-corrected chi connectivity index (χ0v) is 16.9. The maximum Gasteiger partial charge on any atom is 0.173 e. The molecule has 0 spiro atoms. The number of benzene rings is 1. The molecule has 27 heavy (non-hydrogen) atoms. The molecule has 148 valence electrons. The van der Waals surface area contributed by atoms with Gasteiger partial charge in [0.25, 0.3) is 0 Å². The molecule has 8 heteroatoms. The summed E-state index contributed by atoms with van der Waals surface area (Å²) in [5.41, 5.74) is 1.15. The molecule has 1 aliphatic carbocycles. The number of hydrogen-bond acceptors (Lipinski definition) is 6. The molecule has 0 N–H and O–H groups in total. The Morgan fingerprint density at radius 2 is 1.78 bits per heavy atom. The molecule has 2 aromatic rings. The Balaban J connectivity index is 0.00000210. The summed E-state index contributed by atoms with van der Waals surface area (Å²) in [4.78, 5) is 4.87. The zero-order valence-electron chi connectivity index (χ0n) is 16.1. The van der Waals surface area contributed by atoms with E-state index in [2.05, 4.69) is 49.2 Å². The predicted molar refractivity (Wildman–Crippen MR) is 106 cm³/mol. The highest BCUT2D eigenvalue weighted by molar-refractivity contribution is 5.85. The van der Waals surface area contributed by atoms with Crippen LogP contribution in [0.3, 0.4) is 0 Å². The Morgan fingerprint density at radius 1 is 1.07 bits per heavy atom. The number of likely N-dealkylation sites (N-methyl/N-ethyl adjacent to an activating group) is 1. The van der Waals surface area contributed by atoms with Crippen molar-refractivity contribution in [3.8, 4) is 5.75 Å². The van der Waals surface area contributed by atoms with Crippen molar-refractivity contribution in [1.29, 1.82) is 0 Å². The second-order valence-corrected chi connectivity index (χ2v) is 7.40. The van der Waals surface area contributed by atoms with E-state index in [0.29, 0.717) is 6.04 Å². The number of para-hydroxylation sites is 1. The van der Waals surface area contributed by atoms with E-state index in [1.807, 2.05) is 12.1 Å². The number of aromatic nitrogens is 4. The largest absolute Gasteiger partial charge is 0.496 e. The first-order chi connectivity index (χ1) is 12.8. The fraction of sp³-hybridized carbons (Fsp3) is 0.632. The van der Waals surface area contributed by atoms with Crippen LogP contribution in [0.5, 0.6) is 5.75 Å². The van der Waals surface area contributed by atoms with E-state index in [-0.39, 0.29) is 18.4 Å². The van der Waals surface area contributed by atoms with E-state index in [1.165, 1.54) is 25.7 Å². The van der Waals surface area contributed by atoms with Crippen molar-refractivity contribution in [2.24, 2.45) is 0 Å². The second-order valence-electron chi connectivity index (χ2n) is 7.40. The molecule has 0 bridgehead atoms. The molecule has 1 unspecified atom stereocenters. The summed E-state index contributed by atoms with van der Waals surface area (Å²) >= 11 is 0. The second kappa shape index (κ2) is 8.99. The molecule has 1 aromatic heterocycles. The van der Waals surface area contributed by atoms with Gasteiger partial charge >= 0.3 is 0 Å². The van der Waals surface area contributed by atoms with Gasteiger partial charge in [-0.25, -0.2) is 4.68 Å². The summed E-state index contributed by atoms with van der Waals surface area (Å²) in [5.74, 6) is 1.85. The lowest BCUT2D eigenvalue weighted by molar-refractivity contribution is 0.119. The van der Waals surface area contributed by atoms with Gasteiger partial charge in [-0.15, -0.1) is 17.5 Å². The maximum atomic E-state index is 5.69. The van der Waals surface area contributed by atoms with Gasteiger partial charge in [-0.3, -0.25) is 4.90 Å². The maximum absolute atomic E-state index is 5.69. The van der Waals surface area contributed by atoms with Gasteiger partial charge in [0, 0.05) is 31.7 Å². The molecule has 1 aliphatic heterocycles. The molecule has 2 fully saturated rings. The summed E-state index contributed by atoms with van der Waals surface area (Å²) in [6.45, 7) is 4.10. The van der Waals surface area contributed by atoms with E-state index < -0.39 is 0 Å². The topological polar surface area (TPSA) is 59.3 Å². The highest BCUT2D eigenvalue weighted by Gasteiger charge is 2.34. The van der Waals surface area contributed by atoms with Crippen molar-refractivity contribution < 1.29 is 4.74 Å². The Kier molecular flexibility index (Phi) is 6.68. The lowest BCUT2D eigenvalue weighted by Crippen LogP contribution is -2.46. The molecule has 2 aliphatic rings. The molecule has 2 heterocycles. The Morgan fingerprint density at radius 3 is 2.48 bits per heavy atom. The number of rotatable bonds is 5. The lowest BCUT2D eigenvalue weighted by Gasteiger charge is -2.38. The van der Waals surface area contributed by atoms with Crippen LogP contribution in [0.2, 0.25) is 0 Å². The number of methoxy groups -OCH3 is 1. The molecular weight excluding hydrogens is 364 g/mol. The molecule has 7 nitrogen and oxygen atoms in total. The average Bonchev–Trinajstić information content (AvgIpc) is 3.35. The minimum atomic E-state index is 0. The van der Waals surface area contributed by atoms with Crippen LogP contribution in [-0.4, -0.2) is 70.3 Å². The number of piperazine rings is 1. The van der Waals surface area contributed by atoms with Gasteiger partial charge in [0.2, 0.25) is 0 Å². The van der Waals surface area contributed by atoms with E-state index in [4.69, 9.17) is 4.74 Å². The highest BCUT2D eigenvalue weighted by Crippen LogP contribution is 2.37. The van der Waals surface area contributed by atoms with Gasteiger partial charge in [-0.05, 0) is 36.4 Å². The van der Waals surface area contributed by atoms with Crippen molar-refractivity contribution in [3.63, 3.8) is 0 Å². The van der Waals surface area contributed by atoms with Crippen LogP contribution in [0, 0.1) is 0 Å². The Bertz CT molecular complexity index is 724. The first-order valence-electron chi connectivity index (χ1n) is 9.61. The van der Waals surface area contributed by atoms with Crippen LogP contribution in [0.1, 0.15) is 49.2 Å². The summed E-state index contributed by atoms with van der Waals surface area (Å²) in [6.07, 6.45) is 4.86. The minimum Gasteiger partial charge on any atom is -0.496 e. The summed E-state index contributed by atoms with van der Waals surface area (Å²) in [7, 11) is 3.91. The lowest BCUT2D eigenvalue weighted by atomic mass is 10.0. The molecule has 1 saturated carbocycles. The van der Waals surface area contributed by atoms with Crippen LogP contribution in [-0.2, 0) is 0 Å². The fourth-order valence-corrected chi connectivity index (χ4v) is 4.26. The van der Waals surface area contributed by atoms with E-state index in [9.17, 15) is 0 Å². The number of ether oxygens (including phenoxy) is 1. The van der Waals surface area contributed by atoms with Crippen LogP contribution < -0.4 is 4.74 Å². The van der Waals surface area contributed by atoms with Gasteiger partial charge in [-0.1, -0.05) is 31.0 Å². The number of halogens is 1. The standard InChI is InChI=1S/C19H28N6O.ClH/c1-23-11-13-24(14-12-23)18(16-9-5-6-10-17(16)26-2)19-20-21-22-25(19)15-7-3-4-8-15;/h5-6,9-10,15,18H,3-4,7-8,11-14H2,1-2H3;1H. The first kappa shape index (κ1) is 20.0. The SMILES string of the molecule is COc1ccccc1C(c1nnnn1C1CCCC1)N1CCN(C)CC1.Cl. The molecule has 1 atom stereocenters. The third kappa shape index (κ3) is 4.10. The van der Waals surface area contributed by atoms with Crippen LogP contribution in [0.15, 0.2) is 24.3 Å². The average molecular weight is 393 g/mol. The van der Waals surface area contributed by atoms with Gasteiger partial charge in [0.15, 0.2) is 5.82 Å². The van der Waals surface area contributed by atoms with Crippen molar-refractivity contribution in [1.82, 2.24) is 30.0 Å². The molecule has 1 aromatic carbocycles. The van der Waals surface area contributed by atoms with Crippen molar-refractivity contribution in [2.45, 2.75) is 37.8 Å². The molecule has 0 amide bonds. The first-order valence-corrected chi connectivity index (χ1v) is 9.61. The quantitative estimate of drug-likeness (QED) is 0.779. The van der Waals surface area contributed by atoms with Crippen LogP contribution in [0.25, 0.3) is 0 Å². The van der Waals surface area contributed by atoms with Crippen molar-refractivity contribution in [2.75, 3.05) is 40.3 Å². The molecule has 0 radical (unpaired) electrons. The summed E-state index contributed by atoms with van der Waals surface area (Å²) in [5, 5.41) is 12.9. The third-order valence-corrected chi connectivity index (χ3v) is 5.77. The number of nitrogens with zero attached hydrogens (tertiary/aromatic N) is 6. The van der Waals surface area contributed by atoms with Crippen molar-refractivity contribution in [3.05, 3.63) is 35.7 Å². The molecule has 1 saturated heterocycles. The third-order valence-electron chi connectivity index (χ3n) is 5.77. The highest BCUT2D eigenvalue weighted by atomic mass is 35.5. The van der Waals surface area contributed by atoms with Crippen LogP contribution >= 0.6 is 12.4 Å². The minimum absolute atomic E-state index is 0. The predicted octanol–water partition coefficient (Wildman–Crippen LogP) is 2.56. The van der Waals surface area contributed by atoms with Gasteiger partial charge in [0.05, 0.1) is 13.2 Å². The van der Waals surface area contributed by atoms with E-state index >= 15 is 0 Å². The van der Waals surface area contributed by atoms with Gasteiger partial charge in [0.1, 0.15) is 11.8 Å². The van der Waals surface area contributed by atoms with Crippen LogP contribution in [0.4, 0.5) is 0 Å². The van der Waals surface area contributed by atoms with Gasteiger partial charge < -0.3 is 9.64 Å². The Labute approximate surface area is 167 Å². The van der Waals surface area contributed by atoms with Crippen molar-refractivity contribution >= 4 is 12.4 Å². The summed E-state index contributed by atoms with van der Waals surface area (Å²) < 4.78 is 7.77. The number of hydrogen-bond donors (Lipinski definition) is 0. The van der Waals surface area contributed by atoms with E-state index in [1.54, 1.807) is 7.11 Å². The molecule has 4 rings (SSSR count). The molecular formula is C19H29ClN6O. The van der Waals surface area contributed by atoms with Gasteiger partial charge in [-0.2, -0.15) is 0 Å². The number of tetrazole rings is 1. The van der Waals surface area contributed by atoms with E-state index in [0.717, 1.165) is 43.3 Å². The fourth-order valence-electron chi connectivity index (χ4n) is 4.26. The monoisotopic (exact) mass is 392 g/mol. The normalized spacial score (nSPS) is 20.4. The zero-order chi connectivity index (χ0) is 17.9. The summed E-state index contributed by atoms with van der Waals surface area (Å²) in [6, 6.07) is 8.71.